The van der Waals surface area contributed by atoms with Crippen molar-refractivity contribution >= 4 is 33.9 Å². The van der Waals surface area contributed by atoms with E-state index in [1.165, 1.54) is 45.0 Å². The summed E-state index contributed by atoms with van der Waals surface area (Å²) in [5.74, 6) is 0. The summed E-state index contributed by atoms with van der Waals surface area (Å²) in [6.45, 7) is 4.76. The van der Waals surface area contributed by atoms with E-state index in [9.17, 15) is 0 Å². The van der Waals surface area contributed by atoms with Crippen LogP contribution in [0.5, 0.6) is 0 Å². The molecule has 2 aliphatic heterocycles. The predicted octanol–water partition coefficient (Wildman–Crippen LogP) is 10.0. The second-order valence-corrected chi connectivity index (χ2v) is 27.5. The standard InChI is InChI=1S/2C18H14N.2CH3.Hf/c2*1-13-11-16-15-9-5-6-10-17(15)19(18(16)12-13)14-7-3-2-4-8-14;;;/h2*2-10,12,18H,1H3;2*1H3;. The van der Waals surface area contributed by atoms with Crippen molar-refractivity contribution in [3.05, 3.63) is 150 Å². The first-order chi connectivity index (χ1) is 20.0. The number of hydrogen-bond acceptors (Lipinski definition) is 2. The molecule has 2 atom stereocenters. The van der Waals surface area contributed by atoms with E-state index >= 15 is 0 Å². The SMILES string of the molecule is CC1=CC2C(=[C]1[Hf]([CH3])([CH3])[C]1=C3c4ccccc4N(c4ccccc4)C3C=C1C)c1ccccc1N2c1ccccc1. The minimum atomic E-state index is -3.35. The Morgan fingerprint density at radius 1 is 0.488 bits per heavy atom. The first-order valence-electron chi connectivity index (χ1n) is 14.7. The number of hydrogen-bond donors (Lipinski definition) is 0. The Kier molecular flexibility index (Phi) is 5.60. The third-order valence-electron chi connectivity index (χ3n) is 9.52. The van der Waals surface area contributed by atoms with Gasteiger partial charge in [0, 0.05) is 0 Å². The molecule has 0 N–H and O–H groups in total. The zero-order chi connectivity index (χ0) is 27.9. The number of benzene rings is 4. The number of allylic oxidation sites excluding steroid dienone is 4. The molecular formula is C38H34HfN2. The summed E-state index contributed by atoms with van der Waals surface area (Å²) in [6, 6.07) is 40.5. The number of nitrogens with zero attached hydrogens (tertiary/aromatic N) is 2. The van der Waals surface area contributed by atoms with Crippen molar-refractivity contribution in [1.29, 1.82) is 0 Å². The molecule has 0 radical (unpaired) electrons. The van der Waals surface area contributed by atoms with E-state index in [1.807, 2.05) is 0 Å². The van der Waals surface area contributed by atoms with Gasteiger partial charge in [-0.15, -0.1) is 0 Å². The van der Waals surface area contributed by atoms with E-state index in [4.69, 9.17) is 0 Å². The third-order valence-corrected chi connectivity index (χ3v) is 23.3. The van der Waals surface area contributed by atoms with Crippen LogP contribution in [0, 0.1) is 0 Å². The molecule has 0 amide bonds. The van der Waals surface area contributed by atoms with Gasteiger partial charge < -0.3 is 0 Å². The second-order valence-electron chi connectivity index (χ2n) is 12.2. The summed E-state index contributed by atoms with van der Waals surface area (Å²) in [6.07, 6.45) is 5.10. The first kappa shape index (κ1) is 25.1. The Morgan fingerprint density at radius 3 is 1.27 bits per heavy atom. The molecule has 0 fully saturated rings. The number of para-hydroxylation sites is 4. The van der Waals surface area contributed by atoms with Gasteiger partial charge in [0.25, 0.3) is 0 Å². The van der Waals surface area contributed by atoms with Crippen molar-refractivity contribution in [3.63, 3.8) is 0 Å². The summed E-state index contributed by atoms with van der Waals surface area (Å²) in [7, 11) is 0. The van der Waals surface area contributed by atoms with Crippen molar-refractivity contribution < 1.29 is 20.0 Å². The number of fused-ring (bicyclic) bond motifs is 6. The Labute approximate surface area is 248 Å². The Balaban J connectivity index is 1.34. The molecule has 0 bridgehead atoms. The van der Waals surface area contributed by atoms with Crippen molar-refractivity contribution in [2.24, 2.45) is 0 Å². The molecule has 0 saturated heterocycles. The normalized spacial score (nSPS) is 20.7. The van der Waals surface area contributed by atoms with Crippen LogP contribution < -0.4 is 9.80 Å². The van der Waals surface area contributed by atoms with Crippen LogP contribution in [0.3, 0.4) is 0 Å². The molecular weight excluding hydrogens is 663 g/mol. The van der Waals surface area contributed by atoms with Crippen LogP contribution >= 0.6 is 0 Å². The van der Waals surface area contributed by atoms with Crippen LogP contribution in [0.25, 0.3) is 11.1 Å². The van der Waals surface area contributed by atoms with E-state index in [1.54, 1.807) is 17.8 Å². The topological polar surface area (TPSA) is 6.48 Å². The fourth-order valence-corrected chi connectivity index (χ4v) is 23.7. The number of anilines is 4. The molecule has 4 aliphatic rings. The zero-order valence-corrected chi connectivity index (χ0v) is 27.7. The summed E-state index contributed by atoms with van der Waals surface area (Å²) in [5, 5.41) is 0. The Morgan fingerprint density at radius 2 is 0.854 bits per heavy atom. The zero-order valence-electron chi connectivity index (χ0n) is 24.1. The van der Waals surface area contributed by atoms with E-state index in [0.717, 1.165) is 0 Å². The first-order valence-corrected chi connectivity index (χ1v) is 25.5. The fraction of sp³-hybridized carbons (Fsp3) is 0.158. The molecule has 2 nitrogen and oxygen atoms in total. The molecule has 4 aromatic carbocycles. The van der Waals surface area contributed by atoms with Gasteiger partial charge in [-0.1, -0.05) is 0 Å². The van der Waals surface area contributed by atoms with E-state index < -0.39 is 20.0 Å². The van der Waals surface area contributed by atoms with Crippen LogP contribution in [0.2, 0.25) is 9.36 Å². The molecule has 41 heavy (non-hydrogen) atoms. The van der Waals surface area contributed by atoms with Crippen LogP contribution in [-0.4, -0.2) is 12.1 Å². The van der Waals surface area contributed by atoms with Gasteiger partial charge >= 0.3 is 249 Å². The fourth-order valence-electron chi connectivity index (χ4n) is 8.21. The van der Waals surface area contributed by atoms with Crippen LogP contribution in [-0.2, 0) is 20.0 Å². The predicted molar refractivity (Wildman–Crippen MR) is 171 cm³/mol. The number of rotatable bonds is 4. The van der Waals surface area contributed by atoms with Crippen molar-refractivity contribution in [1.82, 2.24) is 0 Å². The average molecular weight is 697 g/mol. The van der Waals surface area contributed by atoms with Gasteiger partial charge in [-0.05, 0) is 0 Å². The monoisotopic (exact) mass is 698 g/mol. The van der Waals surface area contributed by atoms with E-state index in [0.29, 0.717) is 0 Å². The van der Waals surface area contributed by atoms with E-state index in [2.05, 4.69) is 154 Å². The summed E-state index contributed by atoms with van der Waals surface area (Å²) < 4.78 is 8.75. The molecule has 0 aromatic heterocycles. The van der Waals surface area contributed by atoms with Crippen molar-refractivity contribution in [2.75, 3.05) is 9.80 Å². The van der Waals surface area contributed by atoms with Gasteiger partial charge in [-0.2, -0.15) is 0 Å². The second kappa shape index (κ2) is 9.16. The average Bonchev–Trinajstić information content (AvgIpc) is 3.69. The minimum absolute atomic E-state index is 0.257. The Hall–Kier alpha value is -3.69. The van der Waals surface area contributed by atoms with Crippen molar-refractivity contribution in [2.45, 2.75) is 35.3 Å². The Bertz CT molecular complexity index is 1710. The molecule has 2 heterocycles. The van der Waals surface area contributed by atoms with Gasteiger partial charge in [-0.25, -0.2) is 0 Å². The van der Waals surface area contributed by atoms with E-state index in [-0.39, 0.29) is 12.1 Å². The third kappa shape index (κ3) is 3.51. The van der Waals surface area contributed by atoms with Crippen LogP contribution in [0.4, 0.5) is 22.7 Å². The molecule has 3 heteroatoms. The van der Waals surface area contributed by atoms with Crippen molar-refractivity contribution in [3.8, 4) is 0 Å². The summed E-state index contributed by atoms with van der Waals surface area (Å²) >= 11 is -3.35. The quantitative estimate of drug-likeness (QED) is 0.196. The molecule has 4 aromatic rings. The summed E-state index contributed by atoms with van der Waals surface area (Å²) in [5.41, 5.74) is 14.1. The molecule has 2 unspecified atom stereocenters. The van der Waals surface area contributed by atoms with Crippen LogP contribution in [0.15, 0.2) is 139 Å². The molecule has 0 spiro atoms. The van der Waals surface area contributed by atoms with Crippen LogP contribution in [0.1, 0.15) is 25.0 Å². The summed E-state index contributed by atoms with van der Waals surface area (Å²) in [4.78, 5) is 5.12. The van der Waals surface area contributed by atoms with Gasteiger partial charge in [0.15, 0.2) is 0 Å². The molecule has 2 aliphatic carbocycles. The molecule has 0 saturated carbocycles. The molecule has 8 rings (SSSR count). The van der Waals surface area contributed by atoms with Gasteiger partial charge in [0.2, 0.25) is 0 Å². The maximum atomic E-state index is 2.68. The van der Waals surface area contributed by atoms with Gasteiger partial charge in [-0.3, -0.25) is 0 Å². The maximum absolute atomic E-state index is 3.35. The molecule has 200 valence electrons. The van der Waals surface area contributed by atoms with Gasteiger partial charge in [0.05, 0.1) is 0 Å². The van der Waals surface area contributed by atoms with Gasteiger partial charge in [0.1, 0.15) is 0 Å².